The van der Waals surface area contributed by atoms with E-state index in [2.05, 4.69) is 18.8 Å². The van der Waals surface area contributed by atoms with Gasteiger partial charge in [0.25, 0.3) is 0 Å². The number of aromatic nitrogens is 1. The maximum absolute atomic E-state index is 11.3. The Bertz CT molecular complexity index is 366. The summed E-state index contributed by atoms with van der Waals surface area (Å²) in [6.07, 6.45) is 2.01. The molecule has 0 unspecified atom stereocenters. The van der Waals surface area contributed by atoms with Crippen molar-refractivity contribution in [3.05, 3.63) is 14.5 Å². The zero-order valence-corrected chi connectivity index (χ0v) is 11.5. The molecule has 0 atom stereocenters. The van der Waals surface area contributed by atoms with Crippen LogP contribution in [0.1, 0.15) is 26.7 Å². The van der Waals surface area contributed by atoms with Crippen LogP contribution in [0.4, 0.5) is 0 Å². The average Bonchev–Trinajstić information content (AvgIpc) is 2.46. The minimum atomic E-state index is 0. The molecule has 0 aliphatic heterocycles. The zero-order valence-electron chi connectivity index (χ0n) is 8.33. The van der Waals surface area contributed by atoms with E-state index < -0.39 is 0 Å². The molecule has 82 valence electrons. The van der Waals surface area contributed by atoms with E-state index in [1.54, 1.807) is 4.57 Å². The molecule has 0 N–H and O–H groups in total. The topological polar surface area (TPSA) is 34.4 Å². The smallest absolute Gasteiger partial charge is 0.319 e. The number of hydrogen-bond donors (Lipinski definition) is 0. The van der Waals surface area contributed by atoms with E-state index in [0.29, 0.717) is 0 Å². The van der Waals surface area contributed by atoms with Crippen LogP contribution in [0.5, 0.6) is 0 Å². The van der Waals surface area contributed by atoms with Crippen molar-refractivity contribution in [3.63, 3.8) is 0 Å². The number of halogens is 1. The minimum absolute atomic E-state index is 0. The third kappa shape index (κ3) is 3.67. The van der Waals surface area contributed by atoms with Crippen molar-refractivity contribution >= 4 is 20.7 Å². The molecule has 0 aliphatic rings. The number of hydrogen-bond acceptors (Lipinski definition) is 4. The van der Waals surface area contributed by atoms with Gasteiger partial charge in [-0.2, -0.15) is 0 Å². The molecule has 1 aromatic heterocycles. The number of rotatable bonds is 4. The summed E-state index contributed by atoms with van der Waals surface area (Å²) in [6.45, 7) is 5.76. The van der Waals surface area contributed by atoms with Crippen LogP contribution < -0.4 is 26.7 Å². The van der Waals surface area contributed by atoms with Crippen LogP contribution in [0.15, 0.2) is 9.79 Å². The number of nitrogens with zero attached hydrogens (tertiary/aromatic N) is 2. The molecular formula is C8H14BrN2OS2-. The zero-order chi connectivity index (χ0) is 9.68. The second-order valence-corrected chi connectivity index (χ2v) is 4.80. The van der Waals surface area contributed by atoms with Gasteiger partial charge in [0.2, 0.25) is 0 Å². The lowest BCUT2D eigenvalue weighted by Crippen LogP contribution is -3.00. The fourth-order valence-electron chi connectivity index (χ4n) is 0.971. The molecule has 14 heavy (non-hydrogen) atoms. The minimum Gasteiger partial charge on any atom is -1.00 e. The molecule has 0 spiro atoms. The van der Waals surface area contributed by atoms with Crippen LogP contribution >= 0.6 is 20.7 Å². The first-order chi connectivity index (χ1) is 6.29. The summed E-state index contributed by atoms with van der Waals surface area (Å²) in [4.78, 5) is 16.7. The average molecular weight is 298 g/mol. The summed E-state index contributed by atoms with van der Waals surface area (Å²) in [5.74, 6) is 0. The molecule has 1 heterocycles. The van der Waals surface area contributed by atoms with E-state index in [0.717, 1.165) is 30.7 Å². The summed E-state index contributed by atoms with van der Waals surface area (Å²) in [5.41, 5.74) is 0. The lowest BCUT2D eigenvalue weighted by atomic mass is 10.5. The van der Waals surface area contributed by atoms with Gasteiger partial charge in [0.1, 0.15) is 0 Å². The largest absolute Gasteiger partial charge is 1.00 e. The molecule has 3 nitrogen and oxygen atoms in total. The highest BCUT2D eigenvalue weighted by molar-refractivity contribution is 7.67. The standard InChI is InChI=1S/C8H14N2OS2.BrH/c1-3-5-9-7-10(6-4-2)8(11)13-12-7;/h3-6H2,1-2H3;1H/p-1. The van der Waals surface area contributed by atoms with Gasteiger partial charge in [-0.25, -0.2) is 0 Å². The molecular weight excluding hydrogens is 284 g/mol. The maximum Gasteiger partial charge on any atom is 0.319 e. The molecule has 0 aliphatic carbocycles. The van der Waals surface area contributed by atoms with Crippen molar-refractivity contribution in [1.82, 2.24) is 4.57 Å². The monoisotopic (exact) mass is 297 g/mol. The Labute approximate surface area is 101 Å². The molecule has 0 saturated carbocycles. The van der Waals surface area contributed by atoms with Gasteiger partial charge in [-0.1, -0.05) is 13.8 Å². The highest BCUT2D eigenvalue weighted by Gasteiger charge is 1.99. The Hall–Kier alpha value is 0.0600. The van der Waals surface area contributed by atoms with Gasteiger partial charge in [0.15, 0.2) is 4.80 Å². The van der Waals surface area contributed by atoms with E-state index in [4.69, 9.17) is 0 Å². The van der Waals surface area contributed by atoms with Crippen molar-refractivity contribution in [2.24, 2.45) is 4.99 Å². The van der Waals surface area contributed by atoms with E-state index in [1.165, 1.54) is 20.7 Å². The molecule has 0 bridgehead atoms. The summed E-state index contributed by atoms with van der Waals surface area (Å²) in [6, 6.07) is 0. The van der Waals surface area contributed by atoms with Crippen LogP contribution in [0, 0.1) is 0 Å². The van der Waals surface area contributed by atoms with E-state index in [9.17, 15) is 4.79 Å². The summed E-state index contributed by atoms with van der Waals surface area (Å²) < 4.78 is 1.77. The normalized spacial score (nSPS) is 11.4. The highest BCUT2D eigenvalue weighted by atomic mass is 79.9. The van der Waals surface area contributed by atoms with Gasteiger partial charge in [0, 0.05) is 13.1 Å². The third-order valence-corrected chi connectivity index (χ3v) is 3.63. The molecule has 0 fully saturated rings. The molecule has 0 radical (unpaired) electrons. The summed E-state index contributed by atoms with van der Waals surface area (Å²) in [7, 11) is 2.76. The predicted octanol–water partition coefficient (Wildman–Crippen LogP) is -1.30. The maximum atomic E-state index is 11.3. The van der Waals surface area contributed by atoms with Gasteiger partial charge in [0.05, 0.1) is 0 Å². The second kappa shape index (κ2) is 7.36. The van der Waals surface area contributed by atoms with E-state index >= 15 is 0 Å². The molecule has 1 rings (SSSR count). The van der Waals surface area contributed by atoms with E-state index in [-0.39, 0.29) is 21.9 Å². The lowest BCUT2D eigenvalue weighted by molar-refractivity contribution is -0.00000280. The van der Waals surface area contributed by atoms with Gasteiger partial charge in [-0.3, -0.25) is 14.4 Å². The molecule has 6 heteroatoms. The second-order valence-electron chi connectivity index (χ2n) is 2.75. The van der Waals surface area contributed by atoms with Crippen molar-refractivity contribution in [3.8, 4) is 0 Å². The Kier molecular flexibility index (Phi) is 7.40. The Morgan fingerprint density at radius 3 is 2.57 bits per heavy atom. The fourth-order valence-corrected chi connectivity index (χ4v) is 2.99. The summed E-state index contributed by atoms with van der Waals surface area (Å²) >= 11 is 0. The van der Waals surface area contributed by atoms with Crippen molar-refractivity contribution in [1.29, 1.82) is 0 Å². The van der Waals surface area contributed by atoms with Gasteiger partial charge < -0.3 is 17.0 Å². The quantitative estimate of drug-likeness (QED) is 0.636. The Morgan fingerprint density at radius 1 is 1.29 bits per heavy atom. The Balaban J connectivity index is 0.00000169. The van der Waals surface area contributed by atoms with Gasteiger partial charge in [-0.05, 0) is 33.5 Å². The molecule has 0 amide bonds. The predicted molar refractivity (Wildman–Crippen MR) is 57.5 cm³/mol. The van der Waals surface area contributed by atoms with Crippen molar-refractivity contribution < 1.29 is 17.0 Å². The molecule has 0 aromatic carbocycles. The fraction of sp³-hybridized carbons (Fsp3) is 0.750. The molecule has 0 saturated heterocycles. The van der Waals surface area contributed by atoms with Crippen molar-refractivity contribution in [2.75, 3.05) is 6.54 Å². The van der Waals surface area contributed by atoms with Crippen molar-refractivity contribution in [2.45, 2.75) is 33.2 Å². The summed E-state index contributed by atoms with van der Waals surface area (Å²) in [5, 5.41) is 0. The van der Waals surface area contributed by atoms with Gasteiger partial charge in [-0.15, -0.1) is 0 Å². The van der Waals surface area contributed by atoms with Crippen LogP contribution in [0.3, 0.4) is 0 Å². The highest BCUT2D eigenvalue weighted by Crippen LogP contribution is 1.93. The van der Waals surface area contributed by atoms with Crippen LogP contribution in [-0.2, 0) is 6.54 Å². The Morgan fingerprint density at radius 2 is 2.00 bits per heavy atom. The first-order valence-corrected chi connectivity index (χ1v) is 6.65. The first kappa shape index (κ1) is 14.1. The van der Waals surface area contributed by atoms with Crippen LogP contribution in [0.25, 0.3) is 0 Å². The lowest BCUT2D eigenvalue weighted by Gasteiger charge is -1.95. The molecule has 1 aromatic rings. The SMILES string of the molecule is CCCN=c1ssc(=O)n1CCC.[Br-]. The van der Waals surface area contributed by atoms with E-state index in [1.807, 2.05) is 0 Å². The van der Waals surface area contributed by atoms with Crippen LogP contribution in [0.2, 0.25) is 0 Å². The first-order valence-electron chi connectivity index (χ1n) is 4.50. The van der Waals surface area contributed by atoms with Gasteiger partial charge >= 0.3 is 4.87 Å². The third-order valence-electron chi connectivity index (χ3n) is 1.56. The van der Waals surface area contributed by atoms with Crippen LogP contribution in [-0.4, -0.2) is 11.1 Å².